The number of aliphatic hydroxyl groups is 1. The third-order valence-corrected chi connectivity index (χ3v) is 6.20. The third-order valence-electron chi connectivity index (χ3n) is 5.33. The Morgan fingerprint density at radius 3 is 2.23 bits per heavy atom. The molecule has 0 spiro atoms. The Bertz CT molecular complexity index is 930. The van der Waals surface area contributed by atoms with Crippen LogP contribution in [0.15, 0.2) is 59.5 Å². The zero-order valence-electron chi connectivity index (χ0n) is 18.2. The molecule has 7 nitrogen and oxygen atoms in total. The molecule has 0 bridgehead atoms. The number of hydrogen-bond acceptors (Lipinski definition) is 5. The predicted molar refractivity (Wildman–Crippen MR) is 120 cm³/mol. The zero-order chi connectivity index (χ0) is 23.0. The molecule has 1 aliphatic rings. The first-order chi connectivity index (χ1) is 14.6. The zero-order valence-corrected chi connectivity index (χ0v) is 19.0. The highest BCUT2D eigenvalue weighted by molar-refractivity contribution is 7.85. The van der Waals surface area contributed by atoms with Gasteiger partial charge in [-0.05, 0) is 43.9 Å². The van der Waals surface area contributed by atoms with Crippen molar-refractivity contribution in [1.29, 1.82) is 0 Å². The van der Waals surface area contributed by atoms with Gasteiger partial charge in [-0.2, -0.15) is 8.42 Å². The van der Waals surface area contributed by atoms with Gasteiger partial charge >= 0.3 is 0 Å². The summed E-state index contributed by atoms with van der Waals surface area (Å²) in [5.41, 5.74) is 2.15. The van der Waals surface area contributed by atoms with Crippen molar-refractivity contribution in [3.05, 3.63) is 65.7 Å². The minimum Gasteiger partial charge on any atom is -0.392 e. The monoisotopic (exact) mass is 448 g/mol. The van der Waals surface area contributed by atoms with E-state index in [2.05, 4.69) is 17.4 Å². The van der Waals surface area contributed by atoms with Crippen molar-refractivity contribution in [2.24, 2.45) is 5.92 Å². The van der Waals surface area contributed by atoms with Gasteiger partial charge in [-0.3, -0.25) is 9.35 Å². The van der Waals surface area contributed by atoms with Crippen LogP contribution in [-0.4, -0.2) is 55.1 Å². The summed E-state index contributed by atoms with van der Waals surface area (Å²) < 4.78 is 29.6. The number of carbonyl (C=O) groups is 1. The van der Waals surface area contributed by atoms with Crippen molar-refractivity contribution in [1.82, 2.24) is 10.2 Å². The maximum Gasteiger partial charge on any atom is 0.294 e. The Hall–Kier alpha value is -2.26. The summed E-state index contributed by atoms with van der Waals surface area (Å²) in [4.78, 5) is 13.6. The molecule has 0 saturated heterocycles. The Morgan fingerprint density at radius 1 is 1.06 bits per heavy atom. The lowest BCUT2D eigenvalue weighted by molar-refractivity contribution is -0.135. The topological polar surface area (TPSA) is 107 Å². The molecule has 2 aromatic carbocycles. The van der Waals surface area contributed by atoms with Crippen molar-refractivity contribution in [3.63, 3.8) is 0 Å². The van der Waals surface area contributed by atoms with Crippen LogP contribution in [-0.2, 0) is 21.5 Å². The van der Waals surface area contributed by atoms with E-state index in [-0.39, 0.29) is 28.9 Å². The molecule has 31 heavy (non-hydrogen) atoms. The summed E-state index contributed by atoms with van der Waals surface area (Å²) in [6.45, 7) is 2.57. The highest BCUT2D eigenvalue weighted by Gasteiger charge is 2.33. The van der Waals surface area contributed by atoms with E-state index in [9.17, 15) is 18.3 Å². The van der Waals surface area contributed by atoms with Crippen LogP contribution >= 0.6 is 0 Å². The molecular weight excluding hydrogens is 416 g/mol. The Labute approximate surface area is 184 Å². The summed E-state index contributed by atoms with van der Waals surface area (Å²) in [5, 5.41) is 13.5. The van der Waals surface area contributed by atoms with Crippen LogP contribution in [0.3, 0.4) is 0 Å². The van der Waals surface area contributed by atoms with Crippen molar-refractivity contribution in [2.45, 2.75) is 49.8 Å². The minimum absolute atomic E-state index is 0.00199. The lowest BCUT2D eigenvalue weighted by atomic mass is 9.83. The van der Waals surface area contributed by atoms with Crippen molar-refractivity contribution >= 4 is 16.0 Å². The van der Waals surface area contributed by atoms with Crippen LogP contribution < -0.4 is 5.32 Å². The SMILES string of the molecule is CN(C)C(=O)[C@H]1CC[C@@H](O)[C@H](NCc2ccccc2)C1.Cc1ccc(S(=O)(=O)O)cc1. The summed E-state index contributed by atoms with van der Waals surface area (Å²) >= 11 is 0. The largest absolute Gasteiger partial charge is 0.392 e. The molecule has 1 fully saturated rings. The summed E-state index contributed by atoms with van der Waals surface area (Å²) in [7, 11) is -0.437. The molecule has 0 unspecified atom stereocenters. The number of rotatable bonds is 5. The van der Waals surface area contributed by atoms with Gasteiger partial charge in [-0.25, -0.2) is 0 Å². The highest BCUT2D eigenvalue weighted by Crippen LogP contribution is 2.26. The van der Waals surface area contributed by atoms with Crippen LogP contribution in [0.1, 0.15) is 30.4 Å². The lowest BCUT2D eigenvalue weighted by Crippen LogP contribution is -2.47. The van der Waals surface area contributed by atoms with Crippen LogP contribution in [0.4, 0.5) is 0 Å². The summed E-state index contributed by atoms with van der Waals surface area (Å²) in [5.74, 6) is 0.199. The van der Waals surface area contributed by atoms with Gasteiger partial charge in [0.05, 0.1) is 11.0 Å². The van der Waals surface area contributed by atoms with E-state index in [4.69, 9.17) is 4.55 Å². The Morgan fingerprint density at radius 2 is 1.68 bits per heavy atom. The first-order valence-electron chi connectivity index (χ1n) is 10.3. The van der Waals surface area contributed by atoms with Gasteiger partial charge in [0.2, 0.25) is 5.91 Å². The summed E-state index contributed by atoms with van der Waals surface area (Å²) in [6, 6.07) is 16.1. The first-order valence-corrected chi connectivity index (χ1v) is 11.7. The van der Waals surface area contributed by atoms with Crippen molar-refractivity contribution < 1.29 is 22.9 Å². The molecule has 0 aromatic heterocycles. The quantitative estimate of drug-likeness (QED) is 0.607. The molecule has 3 atom stereocenters. The molecule has 3 N–H and O–H groups in total. The van der Waals surface area contributed by atoms with Crippen molar-refractivity contribution in [3.8, 4) is 0 Å². The molecule has 170 valence electrons. The number of benzene rings is 2. The fourth-order valence-corrected chi connectivity index (χ4v) is 4.00. The van der Waals surface area contributed by atoms with E-state index < -0.39 is 10.1 Å². The van der Waals surface area contributed by atoms with E-state index in [1.165, 1.54) is 17.7 Å². The minimum atomic E-state index is -4.02. The van der Waals surface area contributed by atoms with Gasteiger partial charge in [0.15, 0.2) is 0 Å². The standard InChI is InChI=1S/C16H24N2O2.C7H8O3S/c1-18(2)16(20)13-8-9-15(19)14(10-13)17-11-12-6-4-3-5-7-12;1-6-2-4-7(5-3-6)11(8,9)10/h3-7,13-15,17,19H,8-11H2,1-2H3;2-5H,1H3,(H,8,9,10)/t13-,14+,15+;/m0./s1. The second kappa shape index (κ2) is 11.4. The third kappa shape index (κ3) is 8.06. The lowest BCUT2D eigenvalue weighted by Gasteiger charge is -2.34. The normalized spacial score (nSPS) is 21.0. The molecule has 1 aliphatic carbocycles. The Balaban J connectivity index is 0.000000262. The van der Waals surface area contributed by atoms with E-state index in [1.54, 1.807) is 31.1 Å². The predicted octanol–water partition coefficient (Wildman–Crippen LogP) is 2.64. The van der Waals surface area contributed by atoms with Crippen LogP contribution in [0.5, 0.6) is 0 Å². The van der Waals surface area contributed by atoms with E-state index in [1.807, 2.05) is 25.1 Å². The average Bonchev–Trinajstić information content (AvgIpc) is 2.73. The molecule has 3 rings (SSSR count). The number of nitrogens with zero attached hydrogens (tertiary/aromatic N) is 1. The van der Waals surface area contributed by atoms with Gasteiger partial charge < -0.3 is 15.3 Å². The fraction of sp³-hybridized carbons (Fsp3) is 0.435. The van der Waals surface area contributed by atoms with Crippen LogP contribution in [0.2, 0.25) is 0 Å². The highest BCUT2D eigenvalue weighted by atomic mass is 32.2. The van der Waals surface area contributed by atoms with Gasteiger partial charge in [-0.15, -0.1) is 0 Å². The molecule has 1 saturated carbocycles. The number of carbonyl (C=O) groups excluding carboxylic acids is 1. The van der Waals surface area contributed by atoms with Crippen LogP contribution in [0.25, 0.3) is 0 Å². The van der Waals surface area contributed by atoms with Crippen LogP contribution in [0, 0.1) is 12.8 Å². The van der Waals surface area contributed by atoms with E-state index in [0.717, 1.165) is 18.5 Å². The first kappa shape index (κ1) is 25.0. The molecule has 2 aromatic rings. The van der Waals surface area contributed by atoms with E-state index in [0.29, 0.717) is 12.8 Å². The average molecular weight is 449 g/mol. The second-order valence-electron chi connectivity index (χ2n) is 8.07. The van der Waals surface area contributed by atoms with Gasteiger partial charge in [0.25, 0.3) is 10.1 Å². The fourth-order valence-electron chi connectivity index (χ4n) is 3.52. The van der Waals surface area contributed by atoms with Gasteiger partial charge in [0.1, 0.15) is 0 Å². The molecule has 1 amide bonds. The second-order valence-corrected chi connectivity index (χ2v) is 9.49. The number of hydrogen-bond donors (Lipinski definition) is 3. The maximum absolute atomic E-state index is 12.0. The Kier molecular flexibility index (Phi) is 9.18. The molecule has 0 heterocycles. The molecular formula is C23H32N2O5S. The van der Waals surface area contributed by atoms with E-state index >= 15 is 0 Å². The van der Waals surface area contributed by atoms with Crippen molar-refractivity contribution in [2.75, 3.05) is 14.1 Å². The number of aliphatic hydroxyl groups excluding tert-OH is 1. The van der Waals surface area contributed by atoms with Gasteiger partial charge in [-0.1, -0.05) is 48.0 Å². The molecule has 0 aliphatic heterocycles. The van der Waals surface area contributed by atoms with Gasteiger partial charge in [0, 0.05) is 32.6 Å². The maximum atomic E-state index is 12.0. The summed E-state index contributed by atoms with van der Waals surface area (Å²) in [6.07, 6.45) is 1.83. The molecule has 0 radical (unpaired) electrons. The molecule has 8 heteroatoms. The number of aryl methyl sites for hydroxylation is 1. The number of nitrogens with one attached hydrogen (secondary N) is 1. The number of amides is 1. The smallest absolute Gasteiger partial charge is 0.294 e.